The van der Waals surface area contributed by atoms with E-state index in [-0.39, 0.29) is 22.9 Å². The molecule has 0 aliphatic heterocycles. The van der Waals surface area contributed by atoms with Gasteiger partial charge in [-0.25, -0.2) is 0 Å². The van der Waals surface area contributed by atoms with Crippen LogP contribution >= 0.6 is 23.2 Å². The van der Waals surface area contributed by atoms with Crippen LogP contribution < -0.4 is 0 Å². The lowest BCUT2D eigenvalue weighted by molar-refractivity contribution is -0.138. The summed E-state index contributed by atoms with van der Waals surface area (Å²) >= 11 is 13.0. The van der Waals surface area contributed by atoms with Gasteiger partial charge in [0.1, 0.15) is 11.5 Å². The summed E-state index contributed by atoms with van der Waals surface area (Å²) in [5, 5.41) is 18.9. The number of ether oxygens (including phenoxy) is 1. The number of hydrogen-bond donors (Lipinski definition) is 1. The second-order valence-corrected chi connectivity index (χ2v) is 12.1. The van der Waals surface area contributed by atoms with E-state index in [0.717, 1.165) is 62.7 Å². The molecule has 2 bridgehead atoms. The zero-order valence-corrected chi connectivity index (χ0v) is 21.7. The maximum atomic E-state index is 11.2. The summed E-state index contributed by atoms with van der Waals surface area (Å²) in [7, 11) is 0. The third-order valence-electron chi connectivity index (χ3n) is 9.00. The highest BCUT2D eigenvalue weighted by molar-refractivity contribution is 6.39. The van der Waals surface area contributed by atoms with E-state index in [1.165, 1.54) is 0 Å². The first-order chi connectivity index (χ1) is 17.9. The molecule has 5 aliphatic carbocycles. The van der Waals surface area contributed by atoms with Crippen molar-refractivity contribution in [2.75, 3.05) is 0 Å². The third kappa shape index (κ3) is 3.99. The normalized spacial score (nSPS) is 30.5. The molecule has 5 aliphatic rings. The molecular weight excluding hydrogens is 517 g/mol. The van der Waals surface area contributed by atoms with Gasteiger partial charge in [0.05, 0.1) is 28.2 Å². The van der Waals surface area contributed by atoms with Crippen molar-refractivity contribution in [3.63, 3.8) is 0 Å². The highest BCUT2D eigenvalue weighted by Gasteiger charge is 2.54. The quantitative estimate of drug-likeness (QED) is 0.335. The number of carbonyl (C=O) groups is 1. The monoisotopic (exact) mass is 543 g/mol. The van der Waals surface area contributed by atoms with Crippen LogP contribution in [0.2, 0.25) is 10.0 Å². The standard InChI is InChI=1S/C27H27Cl2N3O5/c28-18-2-1-3-19(29)20(18)21-17(22(36-31-21)14-4-5-14)13-35-27-9-6-26(7-10-27,8-11-27)25-30-23(32-37-25)15-12-16(15)24(33)34/h1-3,14-16H,4-13H2,(H,33,34). The fourth-order valence-corrected chi connectivity index (χ4v) is 6.89. The number of carboxylic acids is 1. The molecule has 0 saturated heterocycles. The van der Waals surface area contributed by atoms with E-state index in [0.29, 0.717) is 52.0 Å². The summed E-state index contributed by atoms with van der Waals surface area (Å²) < 4.78 is 18.2. The number of rotatable bonds is 8. The summed E-state index contributed by atoms with van der Waals surface area (Å²) in [6, 6.07) is 5.45. The number of hydrogen-bond acceptors (Lipinski definition) is 7. The average molecular weight is 544 g/mol. The molecule has 5 fully saturated rings. The minimum absolute atomic E-state index is 0.119. The van der Waals surface area contributed by atoms with Crippen molar-refractivity contribution in [1.82, 2.24) is 15.3 Å². The summed E-state index contributed by atoms with van der Waals surface area (Å²) in [5.74, 6) is 1.18. The number of carboxylic acid groups (broad SMARTS) is 1. The summed E-state index contributed by atoms with van der Waals surface area (Å²) in [5.41, 5.74) is 1.96. The van der Waals surface area contributed by atoms with Gasteiger partial charge >= 0.3 is 5.97 Å². The number of benzene rings is 1. The molecule has 2 aromatic heterocycles. The Bertz CT molecular complexity index is 1340. The van der Waals surface area contributed by atoms with E-state index in [1.807, 2.05) is 18.2 Å². The molecule has 2 heterocycles. The Morgan fingerprint density at radius 3 is 2.38 bits per heavy atom. The highest BCUT2D eigenvalue weighted by atomic mass is 35.5. The van der Waals surface area contributed by atoms with E-state index in [2.05, 4.69) is 15.3 Å². The molecule has 3 aromatic rings. The van der Waals surface area contributed by atoms with Crippen molar-refractivity contribution in [3.8, 4) is 11.3 Å². The molecule has 8 nitrogen and oxygen atoms in total. The van der Waals surface area contributed by atoms with Gasteiger partial charge in [-0.15, -0.1) is 0 Å². The van der Waals surface area contributed by atoms with Crippen LogP contribution in [0.25, 0.3) is 11.3 Å². The molecular formula is C27H27Cl2N3O5. The molecule has 0 spiro atoms. The van der Waals surface area contributed by atoms with Gasteiger partial charge in [-0.3, -0.25) is 4.79 Å². The minimum Gasteiger partial charge on any atom is -0.481 e. The van der Waals surface area contributed by atoms with Crippen molar-refractivity contribution >= 4 is 29.2 Å². The molecule has 1 N–H and O–H groups in total. The first-order valence-corrected chi connectivity index (χ1v) is 13.8. The van der Waals surface area contributed by atoms with Crippen LogP contribution in [0.5, 0.6) is 0 Å². The van der Waals surface area contributed by atoms with E-state index < -0.39 is 5.97 Å². The van der Waals surface area contributed by atoms with Crippen molar-refractivity contribution in [1.29, 1.82) is 0 Å². The molecule has 0 amide bonds. The molecule has 37 heavy (non-hydrogen) atoms. The Morgan fingerprint density at radius 2 is 1.76 bits per heavy atom. The molecule has 194 valence electrons. The van der Waals surface area contributed by atoms with Crippen LogP contribution in [-0.4, -0.2) is 32.0 Å². The van der Waals surface area contributed by atoms with Crippen LogP contribution in [-0.2, 0) is 21.6 Å². The van der Waals surface area contributed by atoms with Crippen molar-refractivity contribution in [2.45, 2.75) is 87.2 Å². The SMILES string of the molecule is O=C(O)C1CC1c1noc(C23CCC(OCc4c(-c5c(Cl)cccc5Cl)noc4C4CC4)(CC2)CC3)n1. The van der Waals surface area contributed by atoms with E-state index in [9.17, 15) is 9.90 Å². The lowest BCUT2D eigenvalue weighted by Gasteiger charge is -2.51. The second kappa shape index (κ2) is 8.55. The minimum atomic E-state index is -0.788. The zero-order valence-electron chi connectivity index (χ0n) is 20.2. The molecule has 0 radical (unpaired) electrons. The van der Waals surface area contributed by atoms with Crippen LogP contribution in [0.3, 0.4) is 0 Å². The van der Waals surface area contributed by atoms with Gasteiger partial charge in [-0.05, 0) is 69.9 Å². The van der Waals surface area contributed by atoms with Crippen molar-refractivity contribution in [2.24, 2.45) is 5.92 Å². The molecule has 8 rings (SSSR count). The van der Waals surface area contributed by atoms with E-state index in [4.69, 9.17) is 37.0 Å². The van der Waals surface area contributed by atoms with E-state index >= 15 is 0 Å². The molecule has 2 atom stereocenters. The van der Waals surface area contributed by atoms with E-state index in [1.54, 1.807) is 0 Å². The number of aliphatic carboxylic acids is 1. The number of nitrogens with zero attached hydrogens (tertiary/aromatic N) is 3. The van der Waals surface area contributed by atoms with Crippen LogP contribution in [0.15, 0.2) is 27.2 Å². The van der Waals surface area contributed by atoms with Crippen molar-refractivity contribution < 1.29 is 23.7 Å². The van der Waals surface area contributed by atoms with Crippen LogP contribution in [0, 0.1) is 5.92 Å². The lowest BCUT2D eigenvalue weighted by atomic mass is 9.58. The fraction of sp³-hybridized carbons (Fsp3) is 0.556. The first-order valence-electron chi connectivity index (χ1n) is 13.0. The maximum absolute atomic E-state index is 11.2. The van der Waals surface area contributed by atoms with Crippen molar-refractivity contribution in [3.05, 3.63) is 51.3 Å². The molecule has 2 unspecified atom stereocenters. The maximum Gasteiger partial charge on any atom is 0.307 e. The summed E-state index contributed by atoms with van der Waals surface area (Å²) in [6.07, 6.45) is 8.19. The zero-order chi connectivity index (χ0) is 25.4. The van der Waals surface area contributed by atoms with Gasteiger partial charge in [0.25, 0.3) is 0 Å². The topological polar surface area (TPSA) is 111 Å². The Kier molecular flexibility index (Phi) is 5.47. The fourth-order valence-electron chi connectivity index (χ4n) is 6.32. The highest BCUT2D eigenvalue weighted by Crippen LogP contribution is 2.56. The third-order valence-corrected chi connectivity index (χ3v) is 9.63. The Morgan fingerprint density at radius 1 is 1.05 bits per heavy atom. The number of fused-ring (bicyclic) bond motifs is 3. The number of halogens is 2. The van der Waals surface area contributed by atoms with Gasteiger partial charge in [-0.1, -0.05) is 39.6 Å². The predicted molar refractivity (Wildman–Crippen MR) is 134 cm³/mol. The summed E-state index contributed by atoms with van der Waals surface area (Å²) in [6.45, 7) is 0.405. The number of aromatic nitrogens is 3. The van der Waals surface area contributed by atoms with Gasteiger partial charge < -0.3 is 18.9 Å². The van der Waals surface area contributed by atoms with Crippen LogP contribution in [0.1, 0.15) is 92.7 Å². The second-order valence-electron chi connectivity index (χ2n) is 11.2. The molecule has 1 aromatic carbocycles. The van der Waals surface area contributed by atoms with Gasteiger partial charge in [0.2, 0.25) is 5.89 Å². The Labute approximate surface area is 223 Å². The van der Waals surface area contributed by atoms with Gasteiger partial charge in [0.15, 0.2) is 5.82 Å². The smallest absolute Gasteiger partial charge is 0.307 e. The molecule has 10 heteroatoms. The average Bonchev–Trinajstić information content (AvgIpc) is 3.82. The Balaban J connectivity index is 1.08. The van der Waals surface area contributed by atoms with Gasteiger partial charge in [-0.2, -0.15) is 4.98 Å². The largest absolute Gasteiger partial charge is 0.481 e. The summed E-state index contributed by atoms with van der Waals surface area (Å²) in [4.78, 5) is 15.9. The van der Waals surface area contributed by atoms with Gasteiger partial charge in [0, 0.05) is 28.4 Å². The lowest BCUT2D eigenvalue weighted by Crippen LogP contribution is -2.49. The Hall–Kier alpha value is -2.42. The first kappa shape index (κ1) is 23.7. The predicted octanol–water partition coefficient (Wildman–Crippen LogP) is 6.66. The van der Waals surface area contributed by atoms with Crippen LogP contribution in [0.4, 0.5) is 0 Å². The molecule has 5 saturated carbocycles.